The summed E-state index contributed by atoms with van der Waals surface area (Å²) in [5, 5.41) is 3.12. The van der Waals surface area contributed by atoms with Crippen LogP contribution in [-0.4, -0.2) is 17.9 Å². The minimum Gasteiger partial charge on any atom is -0.305 e. The van der Waals surface area contributed by atoms with E-state index in [4.69, 9.17) is 0 Å². The Morgan fingerprint density at radius 2 is 2.25 bits per heavy atom. The average molecular weight is 113 g/mol. The van der Waals surface area contributed by atoms with Crippen molar-refractivity contribution in [2.24, 2.45) is 0 Å². The Bertz CT molecular complexity index is 111. The maximum atomic E-state index is 10.7. The van der Waals surface area contributed by atoms with E-state index in [0.29, 0.717) is 18.2 Å². The molecule has 0 aromatic heterocycles. The number of Topliss-reactive ketones (excluding diaryl/α,β-unsaturated/α-hetero) is 1. The van der Waals surface area contributed by atoms with Crippen molar-refractivity contribution >= 4 is 5.78 Å². The van der Waals surface area contributed by atoms with Crippen molar-refractivity contribution in [2.75, 3.05) is 0 Å². The topological polar surface area (TPSA) is 29.1 Å². The summed E-state index contributed by atoms with van der Waals surface area (Å²) in [4.78, 5) is 10.7. The van der Waals surface area contributed by atoms with Gasteiger partial charge in [-0.05, 0) is 13.8 Å². The molecular weight excluding hydrogens is 102 g/mol. The van der Waals surface area contributed by atoms with Crippen LogP contribution >= 0.6 is 0 Å². The predicted octanol–water partition coefficient (Wildman–Crippen LogP) is 0.326. The SMILES string of the molecule is CC1N[C@H](C)CC1=O. The number of nitrogens with one attached hydrogen (secondary N) is 1. The lowest BCUT2D eigenvalue weighted by Gasteiger charge is -2.00. The molecule has 0 saturated carbocycles. The summed E-state index contributed by atoms with van der Waals surface area (Å²) in [5.41, 5.74) is 0. The van der Waals surface area contributed by atoms with E-state index in [1.165, 1.54) is 0 Å². The van der Waals surface area contributed by atoms with Crippen LogP contribution in [0, 0.1) is 0 Å². The molecule has 0 aromatic carbocycles. The minimum absolute atomic E-state index is 0.102. The lowest BCUT2D eigenvalue weighted by atomic mass is 10.2. The monoisotopic (exact) mass is 113 g/mol. The van der Waals surface area contributed by atoms with E-state index >= 15 is 0 Å². The molecule has 1 fully saturated rings. The van der Waals surface area contributed by atoms with Crippen LogP contribution in [-0.2, 0) is 4.79 Å². The highest BCUT2D eigenvalue weighted by molar-refractivity contribution is 5.86. The van der Waals surface area contributed by atoms with Crippen molar-refractivity contribution in [2.45, 2.75) is 32.4 Å². The summed E-state index contributed by atoms with van der Waals surface area (Å²) in [5.74, 6) is 0.345. The Morgan fingerprint density at radius 3 is 2.38 bits per heavy atom. The Kier molecular flexibility index (Phi) is 1.34. The van der Waals surface area contributed by atoms with Crippen molar-refractivity contribution in [1.29, 1.82) is 0 Å². The minimum atomic E-state index is 0.102. The van der Waals surface area contributed by atoms with E-state index in [9.17, 15) is 4.79 Å². The number of carbonyl (C=O) groups excluding carboxylic acids is 1. The number of hydrogen-bond donors (Lipinski definition) is 1. The van der Waals surface area contributed by atoms with E-state index in [1.54, 1.807) is 0 Å². The number of carbonyl (C=O) groups is 1. The van der Waals surface area contributed by atoms with Crippen molar-refractivity contribution in [3.63, 3.8) is 0 Å². The first-order chi connectivity index (χ1) is 3.70. The molecule has 2 nitrogen and oxygen atoms in total. The molecule has 2 heteroatoms. The highest BCUT2D eigenvalue weighted by Gasteiger charge is 2.24. The van der Waals surface area contributed by atoms with Gasteiger partial charge in [-0.1, -0.05) is 0 Å². The van der Waals surface area contributed by atoms with E-state index in [1.807, 2.05) is 13.8 Å². The van der Waals surface area contributed by atoms with E-state index in [0.717, 1.165) is 0 Å². The third kappa shape index (κ3) is 0.892. The molecule has 1 aliphatic rings. The Hall–Kier alpha value is -0.370. The quantitative estimate of drug-likeness (QED) is 0.490. The molecule has 1 N–H and O–H groups in total. The van der Waals surface area contributed by atoms with Crippen LogP contribution < -0.4 is 5.32 Å². The fourth-order valence-corrected chi connectivity index (χ4v) is 1.06. The molecule has 0 radical (unpaired) electrons. The van der Waals surface area contributed by atoms with Gasteiger partial charge in [-0.25, -0.2) is 0 Å². The Morgan fingerprint density at radius 1 is 1.62 bits per heavy atom. The number of hydrogen-bond acceptors (Lipinski definition) is 2. The molecule has 0 bridgehead atoms. The zero-order valence-corrected chi connectivity index (χ0v) is 5.27. The molecule has 0 aromatic rings. The summed E-state index contributed by atoms with van der Waals surface area (Å²) in [6.45, 7) is 3.94. The van der Waals surface area contributed by atoms with E-state index in [-0.39, 0.29) is 6.04 Å². The number of rotatable bonds is 0. The van der Waals surface area contributed by atoms with Gasteiger partial charge in [0.05, 0.1) is 6.04 Å². The van der Waals surface area contributed by atoms with Crippen molar-refractivity contribution in [3.8, 4) is 0 Å². The van der Waals surface area contributed by atoms with Gasteiger partial charge in [0, 0.05) is 12.5 Å². The third-order valence-electron chi connectivity index (χ3n) is 1.52. The highest BCUT2D eigenvalue weighted by atomic mass is 16.1. The molecule has 1 rings (SSSR count). The summed E-state index contributed by atoms with van der Waals surface area (Å²) in [7, 11) is 0. The molecule has 1 unspecified atom stereocenters. The van der Waals surface area contributed by atoms with Gasteiger partial charge in [0.15, 0.2) is 5.78 Å². The van der Waals surface area contributed by atoms with E-state index in [2.05, 4.69) is 5.32 Å². The standard InChI is InChI=1S/C6H11NO/c1-4-3-6(8)5(2)7-4/h4-5,7H,3H2,1-2H3/t4-,5?/m1/s1. The second-order valence-corrected chi connectivity index (χ2v) is 2.46. The van der Waals surface area contributed by atoms with Gasteiger partial charge in [0.25, 0.3) is 0 Å². The van der Waals surface area contributed by atoms with Gasteiger partial charge in [-0.3, -0.25) is 4.79 Å². The summed E-state index contributed by atoms with van der Waals surface area (Å²) >= 11 is 0. The lowest BCUT2D eigenvalue weighted by molar-refractivity contribution is -0.118. The summed E-state index contributed by atoms with van der Waals surface area (Å²) in [6.07, 6.45) is 0.709. The molecule has 1 saturated heterocycles. The fourth-order valence-electron chi connectivity index (χ4n) is 1.06. The second kappa shape index (κ2) is 1.86. The van der Waals surface area contributed by atoms with E-state index < -0.39 is 0 Å². The molecule has 0 aliphatic carbocycles. The first-order valence-electron chi connectivity index (χ1n) is 2.99. The first-order valence-corrected chi connectivity index (χ1v) is 2.99. The highest BCUT2D eigenvalue weighted by Crippen LogP contribution is 2.05. The van der Waals surface area contributed by atoms with Crippen molar-refractivity contribution < 1.29 is 4.79 Å². The molecule has 0 amide bonds. The lowest BCUT2D eigenvalue weighted by Crippen LogP contribution is -2.26. The normalized spacial score (nSPS) is 38.5. The van der Waals surface area contributed by atoms with Crippen molar-refractivity contribution in [3.05, 3.63) is 0 Å². The average Bonchev–Trinajstić information content (AvgIpc) is 1.85. The van der Waals surface area contributed by atoms with Crippen LogP contribution in [0.5, 0.6) is 0 Å². The van der Waals surface area contributed by atoms with Gasteiger partial charge in [0.1, 0.15) is 0 Å². The van der Waals surface area contributed by atoms with Gasteiger partial charge >= 0.3 is 0 Å². The maximum absolute atomic E-state index is 10.7. The maximum Gasteiger partial charge on any atom is 0.151 e. The van der Waals surface area contributed by atoms with Crippen LogP contribution in [0.15, 0.2) is 0 Å². The van der Waals surface area contributed by atoms with Gasteiger partial charge in [0.2, 0.25) is 0 Å². The zero-order chi connectivity index (χ0) is 6.15. The van der Waals surface area contributed by atoms with Gasteiger partial charge in [-0.2, -0.15) is 0 Å². The van der Waals surface area contributed by atoms with Crippen molar-refractivity contribution in [1.82, 2.24) is 5.32 Å². The van der Waals surface area contributed by atoms with Crippen LogP contribution in [0.2, 0.25) is 0 Å². The van der Waals surface area contributed by atoms with Gasteiger partial charge < -0.3 is 5.32 Å². The molecule has 1 aliphatic heterocycles. The smallest absolute Gasteiger partial charge is 0.151 e. The molecule has 8 heavy (non-hydrogen) atoms. The number of ketones is 1. The third-order valence-corrected chi connectivity index (χ3v) is 1.52. The Labute approximate surface area is 49.3 Å². The summed E-state index contributed by atoms with van der Waals surface area (Å²) < 4.78 is 0. The van der Waals surface area contributed by atoms with Crippen LogP contribution in [0.4, 0.5) is 0 Å². The predicted molar refractivity (Wildman–Crippen MR) is 31.7 cm³/mol. The van der Waals surface area contributed by atoms with Gasteiger partial charge in [-0.15, -0.1) is 0 Å². The molecular formula is C6H11NO. The van der Waals surface area contributed by atoms with Crippen LogP contribution in [0.25, 0.3) is 0 Å². The zero-order valence-electron chi connectivity index (χ0n) is 5.27. The fraction of sp³-hybridized carbons (Fsp3) is 0.833. The molecule has 46 valence electrons. The van der Waals surface area contributed by atoms with Crippen LogP contribution in [0.3, 0.4) is 0 Å². The van der Waals surface area contributed by atoms with Crippen LogP contribution in [0.1, 0.15) is 20.3 Å². The molecule has 2 atom stereocenters. The summed E-state index contributed by atoms with van der Waals surface area (Å²) in [6, 6.07) is 0.502. The second-order valence-electron chi connectivity index (χ2n) is 2.46. The Balaban J connectivity index is 2.51. The molecule has 0 spiro atoms. The molecule has 1 heterocycles. The largest absolute Gasteiger partial charge is 0.305 e. The first kappa shape index (κ1) is 5.76.